The molecule has 0 N–H and O–H groups in total. The lowest BCUT2D eigenvalue weighted by atomic mass is 10.1. The largest absolute Gasteiger partial charge is 0.372 e. The maximum absolute atomic E-state index is 11.1. The molecule has 1 aromatic carbocycles. The van der Waals surface area contributed by atoms with E-state index in [0.717, 1.165) is 42.7 Å². The molecule has 1 saturated heterocycles. The Morgan fingerprint density at radius 1 is 1.47 bits per heavy atom. The zero-order valence-corrected chi connectivity index (χ0v) is 10.7. The Hall–Kier alpha value is -2.01. The fraction of sp³-hybridized carbons (Fsp3) is 0.357. The smallest absolute Gasteiger partial charge is 0.172 e. The molecule has 1 fully saturated rings. The van der Waals surface area contributed by atoms with Crippen molar-refractivity contribution in [2.75, 3.05) is 6.61 Å². The maximum atomic E-state index is 11.1. The van der Waals surface area contributed by atoms with Gasteiger partial charge in [-0.3, -0.25) is 4.79 Å². The van der Waals surface area contributed by atoms with E-state index in [0.29, 0.717) is 5.69 Å². The van der Waals surface area contributed by atoms with Crippen molar-refractivity contribution in [3.8, 4) is 5.69 Å². The molecule has 5 heteroatoms. The summed E-state index contributed by atoms with van der Waals surface area (Å²) in [5.74, 6) is 0. The summed E-state index contributed by atoms with van der Waals surface area (Å²) in [6, 6.07) is 7.95. The van der Waals surface area contributed by atoms with Gasteiger partial charge in [-0.25, -0.2) is 4.68 Å². The molecular weight excluding hydrogens is 242 g/mol. The van der Waals surface area contributed by atoms with Crippen LogP contribution in [0.2, 0.25) is 0 Å². The van der Waals surface area contributed by atoms with E-state index in [4.69, 9.17) is 4.74 Å². The molecule has 1 aliphatic heterocycles. The molecule has 0 radical (unpaired) electrons. The van der Waals surface area contributed by atoms with Crippen LogP contribution in [0.3, 0.4) is 0 Å². The summed E-state index contributed by atoms with van der Waals surface area (Å²) in [6.45, 7) is 2.74. The first kappa shape index (κ1) is 12.0. The van der Waals surface area contributed by atoms with Gasteiger partial charge in [-0.2, -0.15) is 0 Å². The Morgan fingerprint density at radius 2 is 2.37 bits per heavy atom. The van der Waals surface area contributed by atoms with E-state index in [-0.39, 0.29) is 6.10 Å². The SMILES string of the molecule is Cc1cccc(-n2nnc(C=O)c2C2CCCO2)c1. The van der Waals surface area contributed by atoms with Crippen LogP contribution in [-0.2, 0) is 4.74 Å². The molecule has 1 unspecified atom stereocenters. The van der Waals surface area contributed by atoms with E-state index in [9.17, 15) is 4.79 Å². The molecule has 0 aliphatic carbocycles. The number of aryl methyl sites for hydroxylation is 1. The molecule has 0 amide bonds. The second kappa shape index (κ2) is 4.93. The van der Waals surface area contributed by atoms with E-state index in [1.165, 1.54) is 0 Å². The highest BCUT2D eigenvalue weighted by molar-refractivity contribution is 5.73. The lowest BCUT2D eigenvalue weighted by Gasteiger charge is -2.12. The van der Waals surface area contributed by atoms with Crippen molar-refractivity contribution in [1.29, 1.82) is 0 Å². The number of aromatic nitrogens is 3. The number of carbonyl (C=O) groups is 1. The molecule has 3 rings (SSSR count). The predicted molar refractivity (Wildman–Crippen MR) is 69.4 cm³/mol. The van der Waals surface area contributed by atoms with Crippen LogP contribution < -0.4 is 0 Å². The summed E-state index contributed by atoms with van der Waals surface area (Å²) in [4.78, 5) is 11.1. The van der Waals surface area contributed by atoms with Gasteiger partial charge in [0.1, 0.15) is 11.8 Å². The highest BCUT2D eigenvalue weighted by atomic mass is 16.5. The lowest BCUT2D eigenvalue weighted by molar-refractivity contribution is 0.102. The number of nitrogens with zero attached hydrogens (tertiary/aromatic N) is 3. The summed E-state index contributed by atoms with van der Waals surface area (Å²) in [5, 5.41) is 8.05. The molecule has 2 heterocycles. The molecule has 19 heavy (non-hydrogen) atoms. The summed E-state index contributed by atoms with van der Waals surface area (Å²) in [5.41, 5.74) is 3.18. The molecule has 1 atom stereocenters. The average molecular weight is 257 g/mol. The van der Waals surface area contributed by atoms with Crippen LogP contribution in [0.1, 0.15) is 40.7 Å². The minimum atomic E-state index is -0.0873. The fourth-order valence-electron chi connectivity index (χ4n) is 2.43. The quantitative estimate of drug-likeness (QED) is 0.791. The Kier molecular flexibility index (Phi) is 3.13. The van der Waals surface area contributed by atoms with E-state index in [1.54, 1.807) is 4.68 Å². The fourth-order valence-corrected chi connectivity index (χ4v) is 2.43. The molecule has 0 bridgehead atoms. The van der Waals surface area contributed by atoms with Crippen molar-refractivity contribution in [2.45, 2.75) is 25.9 Å². The third-order valence-electron chi connectivity index (χ3n) is 3.33. The topological polar surface area (TPSA) is 57.0 Å². The van der Waals surface area contributed by atoms with Gasteiger partial charge in [-0.05, 0) is 37.5 Å². The summed E-state index contributed by atoms with van der Waals surface area (Å²) in [7, 11) is 0. The van der Waals surface area contributed by atoms with Crippen molar-refractivity contribution in [3.63, 3.8) is 0 Å². The Balaban J connectivity index is 2.10. The Labute approximate surface area is 111 Å². The monoisotopic (exact) mass is 257 g/mol. The molecule has 98 valence electrons. The van der Waals surface area contributed by atoms with E-state index < -0.39 is 0 Å². The highest BCUT2D eigenvalue weighted by Gasteiger charge is 2.27. The molecule has 1 aliphatic rings. The third kappa shape index (κ3) is 2.17. The Bertz CT molecular complexity index is 600. The maximum Gasteiger partial charge on any atom is 0.172 e. The van der Waals surface area contributed by atoms with Crippen LogP contribution in [0.25, 0.3) is 5.69 Å². The van der Waals surface area contributed by atoms with Crippen molar-refractivity contribution in [3.05, 3.63) is 41.2 Å². The second-order valence-corrected chi connectivity index (χ2v) is 4.73. The van der Waals surface area contributed by atoms with Crippen LogP contribution in [0.4, 0.5) is 0 Å². The number of aldehydes is 1. The van der Waals surface area contributed by atoms with Gasteiger partial charge < -0.3 is 4.74 Å². The van der Waals surface area contributed by atoms with Gasteiger partial charge in [0.25, 0.3) is 0 Å². The predicted octanol–water partition coefficient (Wildman–Crippen LogP) is 2.24. The van der Waals surface area contributed by atoms with E-state index >= 15 is 0 Å². The molecule has 2 aromatic rings. The first-order valence-corrected chi connectivity index (χ1v) is 6.39. The number of hydrogen-bond acceptors (Lipinski definition) is 4. The number of carbonyl (C=O) groups excluding carboxylic acids is 1. The van der Waals surface area contributed by atoms with Crippen LogP contribution in [-0.4, -0.2) is 27.9 Å². The zero-order chi connectivity index (χ0) is 13.2. The highest BCUT2D eigenvalue weighted by Crippen LogP contribution is 2.31. The van der Waals surface area contributed by atoms with E-state index in [1.807, 2.05) is 31.2 Å². The minimum Gasteiger partial charge on any atom is -0.372 e. The molecule has 0 saturated carbocycles. The van der Waals surface area contributed by atoms with Crippen molar-refractivity contribution >= 4 is 6.29 Å². The van der Waals surface area contributed by atoms with Crippen LogP contribution >= 0.6 is 0 Å². The van der Waals surface area contributed by atoms with Crippen molar-refractivity contribution in [2.24, 2.45) is 0 Å². The normalized spacial score (nSPS) is 18.7. The van der Waals surface area contributed by atoms with Crippen LogP contribution in [0.5, 0.6) is 0 Å². The zero-order valence-electron chi connectivity index (χ0n) is 10.7. The first-order valence-electron chi connectivity index (χ1n) is 6.39. The van der Waals surface area contributed by atoms with E-state index in [2.05, 4.69) is 10.3 Å². The number of ether oxygens (including phenoxy) is 1. The van der Waals surface area contributed by atoms with Gasteiger partial charge in [0.2, 0.25) is 0 Å². The molecule has 1 aromatic heterocycles. The van der Waals surface area contributed by atoms with Gasteiger partial charge in [0, 0.05) is 6.61 Å². The molecular formula is C14H15N3O2. The van der Waals surface area contributed by atoms with Crippen molar-refractivity contribution < 1.29 is 9.53 Å². The Morgan fingerprint density at radius 3 is 3.05 bits per heavy atom. The van der Waals surface area contributed by atoms with Crippen molar-refractivity contribution in [1.82, 2.24) is 15.0 Å². The minimum absolute atomic E-state index is 0.0873. The van der Waals surface area contributed by atoms with Gasteiger partial charge in [0.15, 0.2) is 12.0 Å². The standard InChI is InChI=1S/C14H15N3O2/c1-10-4-2-5-11(8-10)17-14(12(9-18)15-16-17)13-6-3-7-19-13/h2,4-5,8-9,13H,3,6-7H2,1H3. The number of benzene rings is 1. The summed E-state index contributed by atoms with van der Waals surface area (Å²) in [6.07, 6.45) is 2.56. The van der Waals surface area contributed by atoms with Gasteiger partial charge in [-0.1, -0.05) is 17.3 Å². The first-order chi connectivity index (χ1) is 9.29. The van der Waals surface area contributed by atoms with Gasteiger partial charge in [0.05, 0.1) is 5.69 Å². The number of rotatable bonds is 3. The van der Waals surface area contributed by atoms with Crippen LogP contribution in [0.15, 0.2) is 24.3 Å². The average Bonchev–Trinajstić information content (AvgIpc) is 3.07. The second-order valence-electron chi connectivity index (χ2n) is 4.73. The third-order valence-corrected chi connectivity index (χ3v) is 3.33. The molecule has 5 nitrogen and oxygen atoms in total. The molecule has 0 spiro atoms. The van der Waals surface area contributed by atoms with Crippen LogP contribution in [0, 0.1) is 6.92 Å². The lowest BCUT2D eigenvalue weighted by Crippen LogP contribution is -2.09. The van der Waals surface area contributed by atoms with Gasteiger partial charge >= 0.3 is 0 Å². The summed E-state index contributed by atoms with van der Waals surface area (Å²) >= 11 is 0. The summed E-state index contributed by atoms with van der Waals surface area (Å²) < 4.78 is 7.39. The number of hydrogen-bond donors (Lipinski definition) is 0. The van der Waals surface area contributed by atoms with Gasteiger partial charge in [-0.15, -0.1) is 5.10 Å².